The van der Waals surface area contributed by atoms with Gasteiger partial charge in [-0.3, -0.25) is 5.32 Å². The van der Waals surface area contributed by atoms with Crippen molar-refractivity contribution in [3.63, 3.8) is 0 Å². The van der Waals surface area contributed by atoms with Crippen LogP contribution in [0.3, 0.4) is 0 Å². The fraction of sp³-hybridized carbons (Fsp3) is 1.00. The monoisotopic (exact) mass is 285 g/mol. The molecule has 0 atom stereocenters. The van der Waals surface area contributed by atoms with Gasteiger partial charge >= 0.3 is 0 Å². The first-order valence-electron chi connectivity index (χ1n) is 9.20. The summed E-state index contributed by atoms with van der Waals surface area (Å²) in [5, 5.41) is 3.37. The van der Waals surface area contributed by atoms with E-state index in [1.54, 1.807) is 0 Å². The minimum Gasteiger partial charge on any atom is -0.366 e. The standard InChI is InChI=1S/C18H39NO/c1-3-5-7-8-9-10-11-12-13-14-16-19-18-20-17-15-6-4-2/h19H,3-18H2,1-2H3. The first-order chi connectivity index (χ1) is 9.91. The van der Waals surface area contributed by atoms with Crippen LogP contribution in [0.5, 0.6) is 0 Å². The number of hydrogen-bond donors (Lipinski definition) is 1. The van der Waals surface area contributed by atoms with Gasteiger partial charge in [-0.1, -0.05) is 84.5 Å². The molecule has 122 valence electrons. The van der Waals surface area contributed by atoms with Gasteiger partial charge in [0.2, 0.25) is 0 Å². The van der Waals surface area contributed by atoms with Crippen LogP contribution in [0.25, 0.3) is 0 Å². The average molecular weight is 286 g/mol. The van der Waals surface area contributed by atoms with Crippen LogP contribution in [0, 0.1) is 0 Å². The third-order valence-electron chi connectivity index (χ3n) is 3.80. The summed E-state index contributed by atoms with van der Waals surface area (Å²) in [6, 6.07) is 0. The molecule has 2 heteroatoms. The van der Waals surface area contributed by atoms with E-state index in [2.05, 4.69) is 19.2 Å². The lowest BCUT2D eigenvalue weighted by atomic mass is 10.1. The van der Waals surface area contributed by atoms with Crippen LogP contribution in [-0.2, 0) is 4.74 Å². The van der Waals surface area contributed by atoms with Crippen molar-refractivity contribution < 1.29 is 4.74 Å². The molecule has 0 aromatic carbocycles. The van der Waals surface area contributed by atoms with E-state index in [9.17, 15) is 0 Å². The Morgan fingerprint density at radius 3 is 1.70 bits per heavy atom. The van der Waals surface area contributed by atoms with Crippen LogP contribution in [0.4, 0.5) is 0 Å². The van der Waals surface area contributed by atoms with Gasteiger partial charge in [-0.15, -0.1) is 0 Å². The summed E-state index contributed by atoms with van der Waals surface area (Å²) in [7, 11) is 0. The first-order valence-corrected chi connectivity index (χ1v) is 9.20. The normalized spacial score (nSPS) is 11.1. The lowest BCUT2D eigenvalue weighted by Gasteiger charge is -2.06. The predicted octanol–water partition coefficient (Wildman–Crippen LogP) is 5.66. The molecule has 0 spiro atoms. The van der Waals surface area contributed by atoms with Gasteiger partial charge in [0.05, 0.1) is 6.73 Å². The Labute approximate surface area is 128 Å². The van der Waals surface area contributed by atoms with Crippen molar-refractivity contribution in [2.45, 2.75) is 97.3 Å². The molecule has 0 bridgehead atoms. The molecule has 20 heavy (non-hydrogen) atoms. The average Bonchev–Trinajstić information content (AvgIpc) is 2.47. The molecular weight excluding hydrogens is 246 g/mol. The smallest absolute Gasteiger partial charge is 0.0965 e. The van der Waals surface area contributed by atoms with Gasteiger partial charge in [-0.05, 0) is 19.4 Å². The second-order valence-corrected chi connectivity index (χ2v) is 5.94. The second kappa shape index (κ2) is 18.9. The highest BCUT2D eigenvalue weighted by Gasteiger charge is 1.93. The summed E-state index contributed by atoms with van der Waals surface area (Å²) in [4.78, 5) is 0. The molecule has 0 amide bonds. The Morgan fingerprint density at radius 2 is 1.10 bits per heavy atom. The Kier molecular flexibility index (Phi) is 18.8. The summed E-state index contributed by atoms with van der Waals surface area (Å²) in [5.74, 6) is 0. The minimum atomic E-state index is 0.737. The SMILES string of the molecule is CCCCCCCCCCCCNCOCCCCC. The van der Waals surface area contributed by atoms with E-state index in [0.717, 1.165) is 19.9 Å². The molecular formula is C18H39NO. The molecule has 0 aliphatic carbocycles. The Morgan fingerprint density at radius 1 is 0.600 bits per heavy atom. The second-order valence-electron chi connectivity index (χ2n) is 5.94. The van der Waals surface area contributed by atoms with Gasteiger partial charge in [0.25, 0.3) is 0 Å². The number of ether oxygens (including phenoxy) is 1. The molecule has 0 aromatic rings. The van der Waals surface area contributed by atoms with E-state index in [-0.39, 0.29) is 0 Å². The highest BCUT2D eigenvalue weighted by molar-refractivity contribution is 4.49. The summed E-state index contributed by atoms with van der Waals surface area (Å²) < 4.78 is 5.52. The van der Waals surface area contributed by atoms with Crippen LogP contribution >= 0.6 is 0 Å². The first kappa shape index (κ1) is 19.9. The van der Waals surface area contributed by atoms with Crippen molar-refractivity contribution in [2.24, 2.45) is 0 Å². The molecule has 1 N–H and O–H groups in total. The van der Waals surface area contributed by atoms with Crippen molar-refractivity contribution in [3.05, 3.63) is 0 Å². The third kappa shape index (κ3) is 17.9. The zero-order chi connectivity index (χ0) is 14.7. The van der Waals surface area contributed by atoms with Crippen molar-refractivity contribution in [1.82, 2.24) is 5.32 Å². The van der Waals surface area contributed by atoms with Crippen LogP contribution in [0.15, 0.2) is 0 Å². The highest BCUT2D eigenvalue weighted by atomic mass is 16.5. The lowest BCUT2D eigenvalue weighted by Crippen LogP contribution is -2.19. The third-order valence-corrected chi connectivity index (χ3v) is 3.80. The molecule has 0 unspecified atom stereocenters. The van der Waals surface area contributed by atoms with Crippen LogP contribution in [-0.4, -0.2) is 19.9 Å². The maximum absolute atomic E-state index is 5.52. The topological polar surface area (TPSA) is 21.3 Å². The quantitative estimate of drug-likeness (QED) is 0.275. The number of hydrogen-bond acceptors (Lipinski definition) is 2. The van der Waals surface area contributed by atoms with Crippen molar-refractivity contribution in [2.75, 3.05) is 19.9 Å². The number of nitrogens with one attached hydrogen (secondary N) is 1. The van der Waals surface area contributed by atoms with Crippen molar-refractivity contribution in [3.8, 4) is 0 Å². The molecule has 0 saturated heterocycles. The van der Waals surface area contributed by atoms with Crippen molar-refractivity contribution >= 4 is 0 Å². The molecule has 0 aliphatic heterocycles. The van der Waals surface area contributed by atoms with E-state index in [1.807, 2.05) is 0 Å². The summed E-state index contributed by atoms with van der Waals surface area (Å²) in [6.45, 7) is 7.28. The van der Waals surface area contributed by atoms with Gasteiger partial charge in [-0.25, -0.2) is 0 Å². The van der Waals surface area contributed by atoms with Gasteiger partial charge in [0.1, 0.15) is 0 Å². The van der Waals surface area contributed by atoms with Gasteiger partial charge in [-0.2, -0.15) is 0 Å². The van der Waals surface area contributed by atoms with E-state index in [0.29, 0.717) is 0 Å². The van der Waals surface area contributed by atoms with Crippen LogP contribution < -0.4 is 5.32 Å². The summed E-state index contributed by atoms with van der Waals surface area (Å²) >= 11 is 0. The molecule has 0 aromatic heterocycles. The van der Waals surface area contributed by atoms with E-state index < -0.39 is 0 Å². The molecule has 0 aliphatic rings. The number of unbranched alkanes of at least 4 members (excludes halogenated alkanes) is 11. The molecule has 0 saturated carbocycles. The molecule has 0 fully saturated rings. The lowest BCUT2D eigenvalue weighted by molar-refractivity contribution is 0.113. The predicted molar refractivity (Wildman–Crippen MR) is 90.2 cm³/mol. The minimum absolute atomic E-state index is 0.737. The van der Waals surface area contributed by atoms with Gasteiger partial charge < -0.3 is 4.74 Å². The maximum atomic E-state index is 5.52. The number of rotatable bonds is 17. The van der Waals surface area contributed by atoms with Gasteiger partial charge in [0, 0.05) is 6.61 Å². The van der Waals surface area contributed by atoms with Crippen LogP contribution in [0.2, 0.25) is 0 Å². The zero-order valence-electron chi connectivity index (χ0n) is 14.2. The van der Waals surface area contributed by atoms with Crippen molar-refractivity contribution in [1.29, 1.82) is 0 Å². The molecule has 0 radical (unpaired) electrons. The molecule has 2 nitrogen and oxygen atoms in total. The van der Waals surface area contributed by atoms with E-state index >= 15 is 0 Å². The molecule has 0 heterocycles. The van der Waals surface area contributed by atoms with E-state index in [4.69, 9.17) is 4.74 Å². The zero-order valence-corrected chi connectivity index (χ0v) is 14.2. The molecule has 0 rings (SSSR count). The maximum Gasteiger partial charge on any atom is 0.0965 e. The Balaban J connectivity index is 2.89. The summed E-state index contributed by atoms with van der Waals surface area (Å²) in [5.41, 5.74) is 0. The summed E-state index contributed by atoms with van der Waals surface area (Å²) in [6.07, 6.45) is 17.8. The fourth-order valence-corrected chi connectivity index (χ4v) is 2.41. The van der Waals surface area contributed by atoms with Crippen LogP contribution in [0.1, 0.15) is 97.3 Å². The largest absolute Gasteiger partial charge is 0.366 e. The van der Waals surface area contributed by atoms with E-state index in [1.165, 1.54) is 83.5 Å². The fourth-order valence-electron chi connectivity index (χ4n) is 2.41. The van der Waals surface area contributed by atoms with Gasteiger partial charge in [0.15, 0.2) is 0 Å². The highest BCUT2D eigenvalue weighted by Crippen LogP contribution is 2.10. The Hall–Kier alpha value is -0.0800. The Bertz CT molecular complexity index is 143.